The third-order valence-corrected chi connectivity index (χ3v) is 5.81. The zero-order valence-electron chi connectivity index (χ0n) is 18.9. The van der Waals surface area contributed by atoms with Gasteiger partial charge in [-0.25, -0.2) is 0 Å². The molecule has 1 atom stereocenters. The Kier molecular flexibility index (Phi) is 10.2. The van der Waals surface area contributed by atoms with E-state index in [0.29, 0.717) is 18.8 Å². The Morgan fingerprint density at radius 1 is 0.657 bits per heavy atom. The molecule has 0 aliphatic heterocycles. The smallest absolute Gasteiger partial charge is 0.323 e. The van der Waals surface area contributed by atoms with Gasteiger partial charge in [0.15, 0.2) is 0 Å². The molecule has 4 aromatic rings. The number of benzene rings is 4. The lowest BCUT2D eigenvalue weighted by Crippen LogP contribution is -2.10. The molecule has 0 saturated heterocycles. The van der Waals surface area contributed by atoms with Crippen LogP contribution in [-0.4, -0.2) is 8.42 Å². The van der Waals surface area contributed by atoms with Crippen molar-refractivity contribution in [1.29, 1.82) is 5.26 Å². The van der Waals surface area contributed by atoms with E-state index in [-0.39, 0.29) is 4.90 Å². The van der Waals surface area contributed by atoms with Gasteiger partial charge in [0.25, 0.3) is 0 Å². The summed E-state index contributed by atoms with van der Waals surface area (Å²) < 4.78 is 33.7. The molecular formula is C28H25NO5S. The fourth-order valence-corrected chi connectivity index (χ4v) is 3.68. The standard InChI is InChI=1S/C14H11NO4S.C14H14O/c15-11-14(12-7-3-1-4-8-12)18-19-20(16,17)13-9-5-2-6-10-13;1-3-7-13(8-4-1)11-15-12-14-9-5-2-6-10-14/h1-10,14H;1-10H,11-12H2. The summed E-state index contributed by atoms with van der Waals surface area (Å²) in [6.45, 7) is 1.35. The zero-order chi connectivity index (χ0) is 24.8. The van der Waals surface area contributed by atoms with Crippen molar-refractivity contribution in [3.05, 3.63) is 138 Å². The third kappa shape index (κ3) is 8.81. The number of hydrogen-bond donors (Lipinski definition) is 0. The molecule has 7 heteroatoms. The van der Waals surface area contributed by atoms with E-state index in [1.807, 2.05) is 42.5 Å². The highest BCUT2D eigenvalue weighted by molar-refractivity contribution is 7.86. The number of hydrogen-bond acceptors (Lipinski definition) is 6. The van der Waals surface area contributed by atoms with Crippen LogP contribution in [0.1, 0.15) is 22.8 Å². The summed E-state index contributed by atoms with van der Waals surface area (Å²) in [6.07, 6.45) is -1.12. The van der Waals surface area contributed by atoms with E-state index in [1.165, 1.54) is 23.3 Å². The molecule has 0 amide bonds. The lowest BCUT2D eigenvalue weighted by Gasteiger charge is -2.09. The van der Waals surface area contributed by atoms with Crippen LogP contribution in [-0.2, 0) is 37.3 Å². The number of ether oxygens (including phenoxy) is 1. The molecule has 0 bridgehead atoms. The van der Waals surface area contributed by atoms with Gasteiger partial charge in [0.1, 0.15) is 6.07 Å². The molecule has 0 aromatic heterocycles. The van der Waals surface area contributed by atoms with E-state index in [4.69, 9.17) is 14.9 Å². The van der Waals surface area contributed by atoms with E-state index >= 15 is 0 Å². The molecule has 0 aliphatic rings. The Morgan fingerprint density at radius 3 is 1.54 bits per heavy atom. The monoisotopic (exact) mass is 487 g/mol. The van der Waals surface area contributed by atoms with Crippen molar-refractivity contribution in [2.75, 3.05) is 0 Å². The molecular weight excluding hydrogens is 462 g/mol. The number of nitrogens with zero attached hydrogens (tertiary/aromatic N) is 1. The predicted octanol–water partition coefficient (Wildman–Crippen LogP) is 5.99. The highest BCUT2D eigenvalue weighted by atomic mass is 32.2. The summed E-state index contributed by atoms with van der Waals surface area (Å²) in [4.78, 5) is 4.71. The third-order valence-electron chi connectivity index (χ3n) is 4.70. The van der Waals surface area contributed by atoms with Crippen molar-refractivity contribution in [2.45, 2.75) is 24.2 Å². The van der Waals surface area contributed by atoms with Gasteiger partial charge in [0.2, 0.25) is 6.10 Å². The first-order valence-electron chi connectivity index (χ1n) is 10.8. The average molecular weight is 488 g/mol. The van der Waals surface area contributed by atoms with E-state index in [2.05, 4.69) is 28.6 Å². The zero-order valence-corrected chi connectivity index (χ0v) is 19.8. The van der Waals surface area contributed by atoms with Crippen LogP contribution in [0.4, 0.5) is 0 Å². The van der Waals surface area contributed by atoms with Gasteiger partial charge in [-0.3, -0.25) is 0 Å². The summed E-state index contributed by atoms with van der Waals surface area (Å²) in [7, 11) is -4.05. The molecule has 178 valence electrons. The summed E-state index contributed by atoms with van der Waals surface area (Å²) >= 11 is 0. The van der Waals surface area contributed by atoms with Crippen LogP contribution in [0.2, 0.25) is 0 Å². The molecule has 1 unspecified atom stereocenters. The quantitative estimate of drug-likeness (QED) is 0.213. The first kappa shape index (κ1) is 25.8. The van der Waals surface area contributed by atoms with Crippen LogP contribution >= 0.6 is 0 Å². The van der Waals surface area contributed by atoms with Gasteiger partial charge in [-0.2, -0.15) is 18.6 Å². The molecule has 0 heterocycles. The molecule has 0 spiro atoms. The van der Waals surface area contributed by atoms with Gasteiger partial charge in [0.05, 0.1) is 18.1 Å². The fraction of sp³-hybridized carbons (Fsp3) is 0.107. The lowest BCUT2D eigenvalue weighted by molar-refractivity contribution is -0.227. The minimum Gasteiger partial charge on any atom is -0.372 e. The maximum absolute atomic E-state index is 11.8. The van der Waals surface area contributed by atoms with Gasteiger partial charge < -0.3 is 4.74 Å². The largest absolute Gasteiger partial charge is 0.372 e. The van der Waals surface area contributed by atoms with E-state index in [1.54, 1.807) is 48.5 Å². The highest BCUT2D eigenvalue weighted by Gasteiger charge is 2.20. The van der Waals surface area contributed by atoms with Crippen LogP contribution in [0.5, 0.6) is 0 Å². The normalized spacial score (nSPS) is 11.5. The number of nitriles is 1. The molecule has 0 aliphatic carbocycles. The van der Waals surface area contributed by atoms with Gasteiger partial charge >= 0.3 is 10.1 Å². The van der Waals surface area contributed by atoms with Crippen LogP contribution in [0.3, 0.4) is 0 Å². The Labute approximate surface area is 206 Å². The summed E-state index contributed by atoms with van der Waals surface area (Å²) in [6, 6.07) is 38.3. The van der Waals surface area contributed by atoms with Crippen molar-refractivity contribution in [2.24, 2.45) is 0 Å². The van der Waals surface area contributed by atoms with Gasteiger partial charge in [-0.15, -0.1) is 4.33 Å². The molecule has 0 fully saturated rings. The average Bonchev–Trinajstić information content (AvgIpc) is 2.92. The van der Waals surface area contributed by atoms with E-state index < -0.39 is 16.2 Å². The van der Waals surface area contributed by atoms with E-state index in [0.717, 1.165) is 0 Å². The van der Waals surface area contributed by atoms with Crippen molar-refractivity contribution < 1.29 is 22.4 Å². The van der Waals surface area contributed by atoms with Gasteiger partial charge in [-0.05, 0) is 28.8 Å². The van der Waals surface area contributed by atoms with Gasteiger partial charge in [0, 0.05) is 0 Å². The fourth-order valence-electron chi connectivity index (χ4n) is 2.93. The SMILES string of the molecule is N#CC(OOS(=O)(=O)c1ccccc1)c1ccccc1.c1ccc(COCc2ccccc2)cc1. The molecule has 0 N–H and O–H groups in total. The molecule has 0 saturated carbocycles. The van der Waals surface area contributed by atoms with Crippen LogP contribution in [0.15, 0.2) is 126 Å². The molecule has 0 radical (unpaired) electrons. The first-order chi connectivity index (χ1) is 17.1. The first-order valence-corrected chi connectivity index (χ1v) is 12.2. The molecule has 4 rings (SSSR count). The minimum atomic E-state index is -4.05. The second kappa shape index (κ2) is 13.8. The van der Waals surface area contributed by atoms with Crippen LogP contribution in [0, 0.1) is 11.3 Å². The summed E-state index contributed by atoms with van der Waals surface area (Å²) in [5.74, 6) is 0. The van der Waals surface area contributed by atoms with Crippen LogP contribution in [0.25, 0.3) is 0 Å². The molecule has 35 heavy (non-hydrogen) atoms. The van der Waals surface area contributed by atoms with Crippen molar-refractivity contribution in [3.63, 3.8) is 0 Å². The van der Waals surface area contributed by atoms with Crippen LogP contribution < -0.4 is 0 Å². The number of rotatable bonds is 9. The molecule has 6 nitrogen and oxygen atoms in total. The predicted molar refractivity (Wildman–Crippen MR) is 132 cm³/mol. The Hall–Kier alpha value is -3.80. The maximum Gasteiger partial charge on any atom is 0.323 e. The lowest BCUT2D eigenvalue weighted by atomic mass is 10.1. The topological polar surface area (TPSA) is 85.6 Å². The van der Waals surface area contributed by atoms with Crippen molar-refractivity contribution in [3.8, 4) is 6.07 Å². The van der Waals surface area contributed by atoms with Crippen molar-refractivity contribution in [1.82, 2.24) is 0 Å². The summed E-state index contributed by atoms with van der Waals surface area (Å²) in [5, 5.41) is 9.00. The van der Waals surface area contributed by atoms with Crippen molar-refractivity contribution >= 4 is 10.1 Å². The Bertz CT molecular complexity index is 1240. The highest BCUT2D eigenvalue weighted by Crippen LogP contribution is 2.20. The summed E-state index contributed by atoms with van der Waals surface area (Å²) in [5.41, 5.74) is 2.94. The second-order valence-electron chi connectivity index (χ2n) is 7.32. The maximum atomic E-state index is 11.8. The minimum absolute atomic E-state index is 0.0373. The Morgan fingerprint density at radius 2 is 1.09 bits per heavy atom. The second-order valence-corrected chi connectivity index (χ2v) is 8.83. The molecule has 4 aromatic carbocycles. The Balaban J connectivity index is 0.000000203. The van der Waals surface area contributed by atoms with E-state index in [9.17, 15) is 8.42 Å². The van der Waals surface area contributed by atoms with Gasteiger partial charge in [-0.1, -0.05) is 109 Å².